The third-order valence-corrected chi connectivity index (χ3v) is 3.29. The molecule has 2 aromatic carbocycles. The molecule has 0 bridgehead atoms. The van der Waals surface area contributed by atoms with E-state index in [0.29, 0.717) is 16.6 Å². The lowest BCUT2D eigenvalue weighted by Gasteiger charge is -2.08. The molecule has 23 heavy (non-hydrogen) atoms. The molecular weight excluding hydrogens is 310 g/mol. The van der Waals surface area contributed by atoms with Gasteiger partial charge < -0.3 is 14.8 Å². The Morgan fingerprint density at radius 3 is 2.39 bits per heavy atom. The Hall–Kier alpha value is -2.60. The predicted octanol–water partition coefficient (Wildman–Crippen LogP) is 3.33. The minimum absolute atomic E-state index is 0.422. The average Bonchev–Trinajstić information content (AvgIpc) is 2.56. The molecule has 0 fully saturated rings. The summed E-state index contributed by atoms with van der Waals surface area (Å²) in [4.78, 5) is 0. The number of aryl methyl sites for hydroxylation is 1. The van der Waals surface area contributed by atoms with E-state index < -0.39 is 0 Å². The van der Waals surface area contributed by atoms with E-state index in [1.807, 2.05) is 49.4 Å². The van der Waals surface area contributed by atoms with Crippen LogP contribution in [0.5, 0.6) is 11.5 Å². The fourth-order valence-corrected chi connectivity index (χ4v) is 2.07. The third-order valence-electron chi connectivity index (χ3n) is 3.10. The number of benzene rings is 2. The van der Waals surface area contributed by atoms with E-state index in [4.69, 9.17) is 21.7 Å². The molecule has 0 aliphatic rings. The van der Waals surface area contributed by atoms with Crippen molar-refractivity contribution in [2.45, 2.75) is 6.92 Å². The number of hydrogen-bond donors (Lipinski definition) is 2. The van der Waals surface area contributed by atoms with Gasteiger partial charge in [-0.25, -0.2) is 0 Å². The maximum Gasteiger partial charge on any atom is 0.191 e. The van der Waals surface area contributed by atoms with Crippen molar-refractivity contribution < 1.29 is 9.47 Å². The van der Waals surface area contributed by atoms with Crippen LogP contribution < -0.4 is 20.2 Å². The Morgan fingerprint density at radius 1 is 1.04 bits per heavy atom. The van der Waals surface area contributed by atoms with Gasteiger partial charge in [-0.15, -0.1) is 0 Å². The Kier molecular flexibility index (Phi) is 5.94. The molecular formula is C17H19N3O2S. The summed E-state index contributed by atoms with van der Waals surface area (Å²) in [5, 5.41) is 7.59. The fraction of sp³-hybridized carbons (Fsp3) is 0.176. The summed E-state index contributed by atoms with van der Waals surface area (Å²) in [5.74, 6) is 1.32. The summed E-state index contributed by atoms with van der Waals surface area (Å²) in [6, 6.07) is 13.5. The largest absolute Gasteiger partial charge is 0.493 e. The quantitative estimate of drug-likeness (QED) is 0.501. The maximum absolute atomic E-state index is 5.25. The SMILES string of the molecule is COc1ccc(/C=N/NC(=S)Nc2ccc(C)cc2)cc1OC. The van der Waals surface area contributed by atoms with Gasteiger partial charge in [0.05, 0.1) is 20.4 Å². The predicted molar refractivity (Wildman–Crippen MR) is 97.7 cm³/mol. The normalized spacial score (nSPS) is 10.4. The van der Waals surface area contributed by atoms with Gasteiger partial charge in [-0.2, -0.15) is 5.10 Å². The van der Waals surface area contributed by atoms with Crippen molar-refractivity contribution in [2.24, 2.45) is 5.10 Å². The van der Waals surface area contributed by atoms with E-state index in [2.05, 4.69) is 15.8 Å². The van der Waals surface area contributed by atoms with Crippen LogP contribution in [-0.4, -0.2) is 25.5 Å². The van der Waals surface area contributed by atoms with Crippen molar-refractivity contribution in [3.63, 3.8) is 0 Å². The monoisotopic (exact) mass is 329 g/mol. The summed E-state index contributed by atoms with van der Waals surface area (Å²) in [5.41, 5.74) is 5.75. The van der Waals surface area contributed by atoms with Gasteiger partial charge in [0.1, 0.15) is 0 Å². The zero-order chi connectivity index (χ0) is 16.7. The van der Waals surface area contributed by atoms with E-state index in [1.165, 1.54) is 5.56 Å². The molecule has 6 heteroatoms. The van der Waals surface area contributed by atoms with Crippen LogP contribution >= 0.6 is 12.2 Å². The molecule has 0 saturated heterocycles. The zero-order valence-electron chi connectivity index (χ0n) is 13.3. The first-order chi connectivity index (χ1) is 11.1. The smallest absolute Gasteiger partial charge is 0.191 e. The number of hydrazone groups is 1. The lowest BCUT2D eigenvalue weighted by atomic mass is 10.2. The van der Waals surface area contributed by atoms with Crippen molar-refractivity contribution >= 4 is 29.2 Å². The Morgan fingerprint density at radius 2 is 1.74 bits per heavy atom. The highest BCUT2D eigenvalue weighted by atomic mass is 32.1. The van der Waals surface area contributed by atoms with Gasteiger partial charge in [-0.05, 0) is 55.0 Å². The molecule has 2 aromatic rings. The topological polar surface area (TPSA) is 54.9 Å². The van der Waals surface area contributed by atoms with Crippen molar-refractivity contribution in [3.8, 4) is 11.5 Å². The highest BCUT2D eigenvalue weighted by Gasteiger charge is 2.03. The number of thiocarbonyl (C=S) groups is 1. The van der Waals surface area contributed by atoms with Gasteiger partial charge in [0.15, 0.2) is 16.6 Å². The minimum Gasteiger partial charge on any atom is -0.493 e. The molecule has 0 aliphatic heterocycles. The van der Waals surface area contributed by atoms with Crippen molar-refractivity contribution in [1.29, 1.82) is 0 Å². The van der Waals surface area contributed by atoms with Gasteiger partial charge in [0, 0.05) is 5.69 Å². The summed E-state index contributed by atoms with van der Waals surface area (Å²) in [7, 11) is 3.19. The molecule has 0 amide bonds. The van der Waals surface area contributed by atoms with E-state index >= 15 is 0 Å². The van der Waals surface area contributed by atoms with Crippen LogP contribution in [0.15, 0.2) is 47.6 Å². The molecule has 2 N–H and O–H groups in total. The first-order valence-electron chi connectivity index (χ1n) is 7.01. The standard InChI is InChI=1S/C17H19N3O2S/c1-12-4-7-14(8-5-12)19-17(23)20-18-11-13-6-9-15(21-2)16(10-13)22-3/h4-11H,1-3H3,(H2,19,20,23)/b18-11+. The van der Waals surface area contributed by atoms with Gasteiger partial charge >= 0.3 is 0 Å². The lowest BCUT2D eigenvalue weighted by Crippen LogP contribution is -2.23. The molecule has 0 saturated carbocycles. The Bertz CT molecular complexity index is 699. The molecule has 0 aromatic heterocycles. The van der Waals surface area contributed by atoms with Crippen molar-refractivity contribution in [3.05, 3.63) is 53.6 Å². The van der Waals surface area contributed by atoms with Crippen molar-refractivity contribution in [1.82, 2.24) is 5.43 Å². The zero-order valence-corrected chi connectivity index (χ0v) is 14.1. The first-order valence-corrected chi connectivity index (χ1v) is 7.42. The molecule has 120 valence electrons. The van der Waals surface area contributed by atoms with Crippen LogP contribution in [0.1, 0.15) is 11.1 Å². The molecule has 0 aliphatic carbocycles. The van der Waals surface area contributed by atoms with Crippen LogP contribution in [0.25, 0.3) is 0 Å². The first kappa shape index (κ1) is 16.8. The highest BCUT2D eigenvalue weighted by Crippen LogP contribution is 2.26. The van der Waals surface area contributed by atoms with Gasteiger partial charge in [-0.3, -0.25) is 5.43 Å². The van der Waals surface area contributed by atoms with Crippen LogP contribution in [0.3, 0.4) is 0 Å². The lowest BCUT2D eigenvalue weighted by molar-refractivity contribution is 0.355. The van der Waals surface area contributed by atoms with E-state index in [9.17, 15) is 0 Å². The Balaban J connectivity index is 1.93. The number of ether oxygens (including phenoxy) is 2. The summed E-state index contributed by atoms with van der Waals surface area (Å²) >= 11 is 5.19. The van der Waals surface area contributed by atoms with Crippen LogP contribution in [0.4, 0.5) is 5.69 Å². The van der Waals surface area contributed by atoms with Gasteiger partial charge in [0.2, 0.25) is 0 Å². The highest BCUT2D eigenvalue weighted by molar-refractivity contribution is 7.80. The fourth-order valence-electron chi connectivity index (χ4n) is 1.89. The number of anilines is 1. The molecule has 0 spiro atoms. The molecule has 0 atom stereocenters. The Labute approximate surface area is 141 Å². The minimum atomic E-state index is 0.422. The molecule has 0 heterocycles. The number of rotatable bonds is 5. The molecule has 5 nitrogen and oxygen atoms in total. The molecule has 0 radical (unpaired) electrons. The van der Waals surface area contributed by atoms with Gasteiger partial charge in [-0.1, -0.05) is 17.7 Å². The third kappa shape index (κ3) is 4.96. The molecule has 0 unspecified atom stereocenters. The van der Waals surface area contributed by atoms with E-state index in [0.717, 1.165) is 11.3 Å². The summed E-state index contributed by atoms with van der Waals surface area (Å²) in [6.45, 7) is 2.04. The van der Waals surface area contributed by atoms with Crippen molar-refractivity contribution in [2.75, 3.05) is 19.5 Å². The number of hydrogen-bond acceptors (Lipinski definition) is 4. The summed E-state index contributed by atoms with van der Waals surface area (Å²) < 4.78 is 10.4. The number of nitrogens with one attached hydrogen (secondary N) is 2. The van der Waals surface area contributed by atoms with Gasteiger partial charge in [0.25, 0.3) is 0 Å². The van der Waals surface area contributed by atoms with Crippen LogP contribution in [0, 0.1) is 6.92 Å². The molecule has 2 rings (SSSR count). The van der Waals surface area contributed by atoms with Crippen LogP contribution in [0.2, 0.25) is 0 Å². The second kappa shape index (κ2) is 8.14. The summed E-state index contributed by atoms with van der Waals surface area (Å²) in [6.07, 6.45) is 1.66. The number of nitrogens with zero attached hydrogens (tertiary/aromatic N) is 1. The average molecular weight is 329 g/mol. The second-order valence-corrected chi connectivity index (χ2v) is 5.21. The number of methoxy groups -OCH3 is 2. The maximum atomic E-state index is 5.25. The van der Waals surface area contributed by atoms with E-state index in [-0.39, 0.29) is 0 Å². The van der Waals surface area contributed by atoms with Crippen LogP contribution in [-0.2, 0) is 0 Å². The second-order valence-electron chi connectivity index (χ2n) is 4.80. The van der Waals surface area contributed by atoms with E-state index in [1.54, 1.807) is 20.4 Å².